The van der Waals surface area contributed by atoms with Gasteiger partial charge in [0.25, 0.3) is 0 Å². The second kappa shape index (κ2) is 10.1. The minimum atomic E-state index is 0.301. The van der Waals surface area contributed by atoms with Gasteiger partial charge in [-0.3, -0.25) is 0 Å². The maximum absolute atomic E-state index is 5.80. The summed E-state index contributed by atoms with van der Waals surface area (Å²) in [5, 5.41) is 4.78. The molecule has 0 saturated heterocycles. The number of hydrogen-bond donors (Lipinski definition) is 2. The maximum Gasteiger partial charge on any atom is 0.143 e. The van der Waals surface area contributed by atoms with E-state index in [1.807, 2.05) is 0 Å². The predicted molar refractivity (Wildman–Crippen MR) is 111 cm³/mol. The molecule has 0 aromatic rings. The summed E-state index contributed by atoms with van der Waals surface area (Å²) < 4.78 is 0. The van der Waals surface area contributed by atoms with E-state index in [0.29, 0.717) is 11.8 Å². The molecule has 1 heterocycles. The number of hydroxylamine groups is 1. The molecule has 0 aromatic heterocycles. The van der Waals surface area contributed by atoms with Gasteiger partial charge in [-0.2, -0.15) is 5.48 Å². The molecule has 0 amide bonds. The Labute approximate surface area is 155 Å². The highest BCUT2D eigenvalue weighted by atomic mass is 31.0. The van der Waals surface area contributed by atoms with Gasteiger partial charge in [0.1, 0.15) is 5.76 Å². The van der Waals surface area contributed by atoms with Crippen LogP contribution in [0.15, 0.2) is 58.7 Å². The van der Waals surface area contributed by atoms with E-state index in [-0.39, 0.29) is 0 Å². The van der Waals surface area contributed by atoms with Crippen molar-refractivity contribution in [1.29, 1.82) is 0 Å². The summed E-state index contributed by atoms with van der Waals surface area (Å²) in [6.45, 7) is 13.6. The minimum Gasteiger partial charge on any atom is -0.409 e. The molecule has 2 N–H and O–H groups in total. The molecule has 0 saturated carbocycles. The van der Waals surface area contributed by atoms with Gasteiger partial charge in [-0.15, -0.1) is 9.24 Å². The predicted octanol–water partition coefficient (Wildman–Crippen LogP) is 4.64. The average molecular weight is 360 g/mol. The van der Waals surface area contributed by atoms with E-state index in [9.17, 15) is 0 Å². The van der Waals surface area contributed by atoms with Crippen LogP contribution in [0.4, 0.5) is 0 Å². The van der Waals surface area contributed by atoms with Crippen molar-refractivity contribution >= 4 is 9.24 Å². The monoisotopic (exact) mass is 360 g/mol. The Morgan fingerprint density at radius 2 is 2.00 bits per heavy atom. The summed E-state index contributed by atoms with van der Waals surface area (Å²) in [5.41, 5.74) is 6.90. The van der Waals surface area contributed by atoms with Crippen molar-refractivity contribution < 1.29 is 4.84 Å². The van der Waals surface area contributed by atoms with Crippen LogP contribution in [0.2, 0.25) is 0 Å². The van der Waals surface area contributed by atoms with Crippen LogP contribution in [0, 0.1) is 11.8 Å². The smallest absolute Gasteiger partial charge is 0.143 e. The third-order valence-corrected chi connectivity index (χ3v) is 5.23. The molecular weight excluding hydrogens is 327 g/mol. The van der Waals surface area contributed by atoms with Gasteiger partial charge in [-0.1, -0.05) is 55.4 Å². The molecule has 1 aliphatic heterocycles. The van der Waals surface area contributed by atoms with Gasteiger partial charge < -0.3 is 10.2 Å². The fourth-order valence-corrected chi connectivity index (χ4v) is 3.89. The molecule has 0 spiro atoms. The summed E-state index contributed by atoms with van der Waals surface area (Å²) in [6, 6.07) is 0. The van der Waals surface area contributed by atoms with Crippen LogP contribution < -0.4 is 10.8 Å². The van der Waals surface area contributed by atoms with Crippen molar-refractivity contribution in [2.75, 3.05) is 19.6 Å². The van der Waals surface area contributed by atoms with Gasteiger partial charge in [0.05, 0.1) is 0 Å². The maximum atomic E-state index is 5.80. The average Bonchev–Trinajstić information content (AvgIpc) is 2.72. The van der Waals surface area contributed by atoms with Crippen LogP contribution in [-0.2, 0) is 4.84 Å². The van der Waals surface area contributed by atoms with Gasteiger partial charge in [-0.05, 0) is 44.5 Å². The van der Waals surface area contributed by atoms with E-state index >= 15 is 0 Å². The Kier molecular flexibility index (Phi) is 8.15. The SMILES string of the molecule is C=C1ONCCCCCNC/C(C)=C\1C(C)C1C=CC(P)=CC(C)=C1. The third-order valence-electron chi connectivity index (χ3n) is 4.87. The van der Waals surface area contributed by atoms with E-state index in [4.69, 9.17) is 4.84 Å². The number of rotatable bonds is 2. The van der Waals surface area contributed by atoms with Crippen LogP contribution in [0.5, 0.6) is 0 Å². The fraction of sp³-hybridized carbons (Fsp3) is 0.524. The molecule has 2 rings (SSSR count). The molecule has 3 nitrogen and oxygen atoms in total. The molecule has 138 valence electrons. The first-order valence-electron chi connectivity index (χ1n) is 9.32. The van der Waals surface area contributed by atoms with Crippen molar-refractivity contribution in [1.82, 2.24) is 10.8 Å². The summed E-state index contributed by atoms with van der Waals surface area (Å²) >= 11 is 0. The van der Waals surface area contributed by atoms with Gasteiger partial charge in [-0.25, -0.2) is 0 Å². The van der Waals surface area contributed by atoms with Crippen LogP contribution in [0.3, 0.4) is 0 Å². The zero-order chi connectivity index (χ0) is 18.2. The number of nitrogens with one attached hydrogen (secondary N) is 2. The Morgan fingerprint density at radius 1 is 1.24 bits per heavy atom. The number of hydrogen-bond acceptors (Lipinski definition) is 3. The normalized spacial score (nSPS) is 28.0. The highest BCUT2D eigenvalue weighted by Gasteiger charge is 2.23. The lowest BCUT2D eigenvalue weighted by molar-refractivity contribution is 0.107. The quantitative estimate of drug-likeness (QED) is 0.704. The molecule has 4 heteroatoms. The lowest BCUT2D eigenvalue weighted by Crippen LogP contribution is -2.25. The molecule has 2 aliphatic rings. The zero-order valence-electron chi connectivity index (χ0n) is 15.9. The summed E-state index contributed by atoms with van der Waals surface area (Å²) in [4.78, 5) is 5.80. The van der Waals surface area contributed by atoms with Gasteiger partial charge in [0.15, 0.2) is 0 Å². The lowest BCUT2D eigenvalue weighted by Gasteiger charge is -2.26. The Morgan fingerprint density at radius 3 is 2.80 bits per heavy atom. The first kappa shape index (κ1) is 20.2. The molecule has 25 heavy (non-hydrogen) atoms. The van der Waals surface area contributed by atoms with Crippen LogP contribution in [0.25, 0.3) is 0 Å². The summed E-state index contributed by atoms with van der Waals surface area (Å²) in [6.07, 6.45) is 12.5. The first-order valence-corrected chi connectivity index (χ1v) is 9.90. The van der Waals surface area contributed by atoms with E-state index in [1.165, 1.54) is 34.9 Å². The van der Waals surface area contributed by atoms with Crippen molar-refractivity contribution in [3.05, 3.63) is 58.7 Å². The summed E-state index contributed by atoms with van der Waals surface area (Å²) in [7, 11) is 2.79. The van der Waals surface area contributed by atoms with E-state index in [2.05, 4.69) is 71.7 Å². The molecule has 0 fully saturated rings. The largest absolute Gasteiger partial charge is 0.409 e. The standard InChI is InChI=1S/C21H33N2OP/c1-15-12-19(8-9-20(25)13-15)17(3)21-16(2)14-22-10-6-5-7-11-23-24-18(21)4/h8-9,12-13,17,19,22-23H,4-7,10-11,14,25H2,1-3H3/b21-16-. The van der Waals surface area contributed by atoms with Crippen molar-refractivity contribution in [2.45, 2.75) is 40.0 Å². The van der Waals surface area contributed by atoms with Gasteiger partial charge in [0.2, 0.25) is 0 Å². The van der Waals surface area contributed by atoms with Crippen LogP contribution in [-0.4, -0.2) is 19.6 Å². The lowest BCUT2D eigenvalue weighted by atomic mass is 9.83. The molecule has 3 atom stereocenters. The highest BCUT2D eigenvalue weighted by molar-refractivity contribution is 7.22. The van der Waals surface area contributed by atoms with Crippen molar-refractivity contribution in [3.63, 3.8) is 0 Å². The first-order chi connectivity index (χ1) is 12.0. The fourth-order valence-electron chi connectivity index (χ4n) is 3.51. The molecule has 0 bridgehead atoms. The second-order valence-electron chi connectivity index (χ2n) is 7.13. The molecule has 1 aliphatic carbocycles. The second-order valence-corrected chi connectivity index (χ2v) is 7.80. The van der Waals surface area contributed by atoms with E-state index in [0.717, 1.165) is 31.8 Å². The topological polar surface area (TPSA) is 33.3 Å². The minimum absolute atomic E-state index is 0.301. The van der Waals surface area contributed by atoms with E-state index < -0.39 is 0 Å². The van der Waals surface area contributed by atoms with Crippen molar-refractivity contribution in [2.24, 2.45) is 11.8 Å². The highest BCUT2D eigenvalue weighted by Crippen LogP contribution is 2.33. The molecule has 0 radical (unpaired) electrons. The van der Waals surface area contributed by atoms with E-state index in [1.54, 1.807) is 0 Å². The zero-order valence-corrected chi connectivity index (χ0v) is 17.1. The van der Waals surface area contributed by atoms with Crippen molar-refractivity contribution in [3.8, 4) is 0 Å². The molecular formula is C21H33N2OP. The Balaban J connectivity index is 2.25. The molecule has 3 unspecified atom stereocenters. The van der Waals surface area contributed by atoms with Crippen LogP contribution in [0.1, 0.15) is 40.0 Å². The summed E-state index contributed by atoms with van der Waals surface area (Å²) in [5.74, 6) is 1.37. The molecule has 0 aromatic carbocycles. The van der Waals surface area contributed by atoms with Gasteiger partial charge in [0, 0.05) is 24.6 Å². The van der Waals surface area contributed by atoms with Gasteiger partial charge >= 0.3 is 0 Å². The third kappa shape index (κ3) is 6.26. The Hall–Kier alpha value is -1.15. The number of allylic oxidation sites excluding steroid dienone is 7. The Bertz CT molecular complexity index is 601. The van der Waals surface area contributed by atoms with Crippen LogP contribution >= 0.6 is 9.24 Å².